The van der Waals surface area contributed by atoms with E-state index in [-0.39, 0.29) is 5.54 Å². The van der Waals surface area contributed by atoms with Crippen molar-refractivity contribution in [3.05, 3.63) is 33.9 Å². The van der Waals surface area contributed by atoms with Crippen LogP contribution in [-0.4, -0.2) is 22.7 Å². The molecule has 4 heteroatoms. The van der Waals surface area contributed by atoms with Crippen LogP contribution in [0.5, 0.6) is 0 Å². The first-order chi connectivity index (χ1) is 8.61. The van der Waals surface area contributed by atoms with Gasteiger partial charge in [0.15, 0.2) is 6.10 Å². The minimum absolute atomic E-state index is 0.370. The van der Waals surface area contributed by atoms with E-state index >= 15 is 0 Å². The van der Waals surface area contributed by atoms with Gasteiger partial charge in [0.1, 0.15) is 0 Å². The normalized spacial score (nSPS) is 20.4. The number of aliphatic hydroxyl groups is 1. The first-order valence-electron chi connectivity index (χ1n) is 6.35. The van der Waals surface area contributed by atoms with Gasteiger partial charge in [0.05, 0.1) is 0 Å². The van der Waals surface area contributed by atoms with Gasteiger partial charge in [-0.05, 0) is 58.3 Å². The molecule has 0 spiro atoms. The van der Waals surface area contributed by atoms with Gasteiger partial charge in [0.2, 0.25) is 0 Å². The van der Waals surface area contributed by atoms with Crippen molar-refractivity contribution in [1.82, 2.24) is 5.32 Å². The van der Waals surface area contributed by atoms with E-state index in [0.717, 1.165) is 11.1 Å². The maximum atomic E-state index is 12.0. The van der Waals surface area contributed by atoms with Gasteiger partial charge >= 0.3 is 0 Å². The highest BCUT2D eigenvalue weighted by Crippen LogP contribution is 2.30. The molecule has 0 fully saturated rings. The molecule has 2 N–H and O–H groups in total. The van der Waals surface area contributed by atoms with Gasteiger partial charge < -0.3 is 10.4 Å². The molecule has 0 radical (unpaired) electrons. The summed E-state index contributed by atoms with van der Waals surface area (Å²) >= 11 is 6.14. The number of nitrogens with one attached hydrogen (secondary N) is 1. The molecule has 0 bridgehead atoms. The van der Waals surface area contributed by atoms with Crippen LogP contribution in [0.25, 0.3) is 0 Å². The average Bonchev–Trinajstić information content (AvgIpc) is 2.28. The number of allylic oxidation sites excluding steroid dienone is 5. The standard InChI is InChI=1S/C15H22ClNO2/c1-9-6-7-12(16)11(8-9)10(2)13(18)14(19)17-15(3,4)5/h6-7,13,18H,8H2,1-5H3,(H,17,19)/b11-10-. The maximum absolute atomic E-state index is 12.0. The summed E-state index contributed by atoms with van der Waals surface area (Å²) in [6.07, 6.45) is 3.25. The molecule has 1 aliphatic carbocycles. The highest BCUT2D eigenvalue weighted by atomic mass is 35.5. The van der Waals surface area contributed by atoms with Crippen LogP contribution in [-0.2, 0) is 4.79 Å². The maximum Gasteiger partial charge on any atom is 0.253 e. The molecule has 0 aromatic rings. The second-order valence-electron chi connectivity index (χ2n) is 6.01. The number of amides is 1. The SMILES string of the molecule is CC1=CC=C(Cl)/C(=C(/C)C(O)C(=O)NC(C)(C)C)C1. The van der Waals surface area contributed by atoms with Crippen LogP contribution in [0, 0.1) is 0 Å². The number of carbonyl (C=O) groups excluding carboxylic acids is 1. The quantitative estimate of drug-likeness (QED) is 0.818. The number of carbonyl (C=O) groups is 1. The third kappa shape index (κ3) is 4.51. The van der Waals surface area contributed by atoms with Crippen LogP contribution in [0.4, 0.5) is 0 Å². The number of aliphatic hydroxyl groups excluding tert-OH is 1. The third-order valence-corrected chi connectivity index (χ3v) is 3.24. The van der Waals surface area contributed by atoms with Crippen molar-refractivity contribution in [2.45, 2.75) is 52.7 Å². The number of hydrogen-bond donors (Lipinski definition) is 2. The first kappa shape index (κ1) is 16.0. The first-order valence-corrected chi connectivity index (χ1v) is 6.72. The van der Waals surface area contributed by atoms with Crippen molar-refractivity contribution in [3.8, 4) is 0 Å². The Morgan fingerprint density at radius 2 is 2.00 bits per heavy atom. The highest BCUT2D eigenvalue weighted by Gasteiger charge is 2.25. The summed E-state index contributed by atoms with van der Waals surface area (Å²) in [5, 5.41) is 13.5. The minimum Gasteiger partial charge on any atom is -0.379 e. The Kier molecular flexibility index (Phi) is 4.99. The minimum atomic E-state index is -1.16. The Hall–Kier alpha value is -1.06. The molecule has 0 aromatic carbocycles. The predicted molar refractivity (Wildman–Crippen MR) is 78.9 cm³/mol. The van der Waals surface area contributed by atoms with Crippen molar-refractivity contribution >= 4 is 17.5 Å². The Labute approximate surface area is 120 Å². The summed E-state index contributed by atoms with van der Waals surface area (Å²) in [5.41, 5.74) is 2.22. The Morgan fingerprint density at radius 3 is 2.53 bits per heavy atom. The van der Waals surface area contributed by atoms with Crippen molar-refractivity contribution in [3.63, 3.8) is 0 Å². The fraction of sp³-hybridized carbons (Fsp3) is 0.533. The summed E-state index contributed by atoms with van der Waals surface area (Å²) in [6.45, 7) is 9.37. The van der Waals surface area contributed by atoms with E-state index in [1.54, 1.807) is 13.0 Å². The monoisotopic (exact) mass is 283 g/mol. The van der Waals surface area contributed by atoms with Crippen LogP contribution in [0.3, 0.4) is 0 Å². The third-order valence-electron chi connectivity index (χ3n) is 2.89. The van der Waals surface area contributed by atoms with Crippen molar-refractivity contribution < 1.29 is 9.90 Å². The van der Waals surface area contributed by atoms with E-state index in [1.807, 2.05) is 33.8 Å². The predicted octanol–water partition coefficient (Wildman–Crippen LogP) is 3.05. The summed E-state index contributed by atoms with van der Waals surface area (Å²) < 4.78 is 0. The van der Waals surface area contributed by atoms with E-state index in [1.165, 1.54) is 0 Å². The molecule has 106 valence electrons. The molecule has 0 saturated carbocycles. The van der Waals surface area contributed by atoms with E-state index in [0.29, 0.717) is 17.0 Å². The highest BCUT2D eigenvalue weighted by molar-refractivity contribution is 6.32. The molecular weight excluding hydrogens is 262 g/mol. The summed E-state index contributed by atoms with van der Waals surface area (Å²) in [6, 6.07) is 0. The lowest BCUT2D eigenvalue weighted by Gasteiger charge is -2.24. The largest absolute Gasteiger partial charge is 0.379 e. The van der Waals surface area contributed by atoms with Gasteiger partial charge in [-0.1, -0.05) is 23.3 Å². The molecule has 1 aliphatic rings. The lowest BCUT2D eigenvalue weighted by atomic mass is 9.93. The van der Waals surface area contributed by atoms with Crippen LogP contribution in [0.2, 0.25) is 0 Å². The van der Waals surface area contributed by atoms with E-state index in [4.69, 9.17) is 11.6 Å². The van der Waals surface area contributed by atoms with Gasteiger partial charge in [-0.2, -0.15) is 0 Å². The number of rotatable bonds is 2. The van der Waals surface area contributed by atoms with Crippen LogP contribution in [0.1, 0.15) is 41.0 Å². The van der Waals surface area contributed by atoms with Gasteiger partial charge in [-0.3, -0.25) is 4.79 Å². The van der Waals surface area contributed by atoms with E-state index in [2.05, 4.69) is 5.32 Å². The second-order valence-corrected chi connectivity index (χ2v) is 6.41. The molecule has 1 unspecified atom stereocenters. The average molecular weight is 284 g/mol. The Bertz CT molecular complexity index is 467. The second kappa shape index (κ2) is 5.93. The van der Waals surface area contributed by atoms with Gasteiger partial charge in [-0.25, -0.2) is 0 Å². The number of halogens is 1. The van der Waals surface area contributed by atoms with Crippen LogP contribution < -0.4 is 5.32 Å². The molecule has 3 nitrogen and oxygen atoms in total. The van der Waals surface area contributed by atoms with Crippen molar-refractivity contribution in [1.29, 1.82) is 0 Å². The molecule has 0 aromatic heterocycles. The van der Waals surface area contributed by atoms with Crippen molar-refractivity contribution in [2.75, 3.05) is 0 Å². The lowest BCUT2D eigenvalue weighted by Crippen LogP contribution is -2.46. The van der Waals surface area contributed by atoms with Crippen LogP contribution >= 0.6 is 11.6 Å². The van der Waals surface area contributed by atoms with Gasteiger partial charge in [-0.15, -0.1) is 0 Å². The molecule has 1 atom stereocenters. The molecule has 0 aliphatic heterocycles. The molecule has 1 amide bonds. The summed E-state index contributed by atoms with van der Waals surface area (Å²) in [5.74, 6) is -0.394. The topological polar surface area (TPSA) is 49.3 Å². The Morgan fingerprint density at radius 1 is 1.42 bits per heavy atom. The van der Waals surface area contributed by atoms with E-state index in [9.17, 15) is 9.90 Å². The zero-order valence-electron chi connectivity index (χ0n) is 12.2. The zero-order valence-corrected chi connectivity index (χ0v) is 12.9. The molecular formula is C15H22ClNO2. The fourth-order valence-corrected chi connectivity index (χ4v) is 2.14. The van der Waals surface area contributed by atoms with Gasteiger partial charge in [0.25, 0.3) is 5.91 Å². The van der Waals surface area contributed by atoms with E-state index < -0.39 is 12.0 Å². The van der Waals surface area contributed by atoms with Crippen LogP contribution in [0.15, 0.2) is 33.9 Å². The van der Waals surface area contributed by atoms with Crippen molar-refractivity contribution in [2.24, 2.45) is 0 Å². The number of hydrogen-bond acceptors (Lipinski definition) is 2. The zero-order chi connectivity index (χ0) is 14.8. The summed E-state index contributed by atoms with van der Waals surface area (Å²) in [4.78, 5) is 12.0. The smallest absolute Gasteiger partial charge is 0.253 e. The summed E-state index contributed by atoms with van der Waals surface area (Å²) in [7, 11) is 0. The lowest BCUT2D eigenvalue weighted by molar-refractivity contribution is -0.129. The van der Waals surface area contributed by atoms with Gasteiger partial charge in [0, 0.05) is 10.6 Å². The molecule has 19 heavy (non-hydrogen) atoms. The molecule has 0 saturated heterocycles. The Balaban J connectivity index is 2.94. The molecule has 1 rings (SSSR count). The fourth-order valence-electron chi connectivity index (χ4n) is 1.87. The molecule has 0 heterocycles.